The minimum atomic E-state index is 0.764. The fraction of sp³-hybridized carbons (Fsp3) is 1.00. The molecule has 0 aromatic carbocycles. The molecule has 3 heteroatoms. The number of hydrogen-bond donors (Lipinski definition) is 2. The van der Waals surface area contributed by atoms with Crippen LogP contribution in [0.3, 0.4) is 0 Å². The first-order valence-corrected chi connectivity index (χ1v) is 1.87. The molecule has 0 bridgehead atoms. The Morgan fingerprint density at radius 2 is 2.25 bits per heavy atom. The van der Waals surface area contributed by atoms with E-state index < -0.39 is 0 Å². The summed E-state index contributed by atoms with van der Waals surface area (Å²) in [5, 5.41) is 0. The van der Waals surface area contributed by atoms with Gasteiger partial charge in [-0.05, 0) is 0 Å². The molecule has 0 aromatic heterocycles. The number of hydrogen-bond acceptors (Lipinski definition) is 2. The number of hydrazine groups is 1. The average Bonchev–Trinajstić information content (AvgIpc) is 1.37. The van der Waals surface area contributed by atoms with Crippen LogP contribution in [0.2, 0.25) is 0 Å². The van der Waals surface area contributed by atoms with E-state index in [-0.39, 0.29) is 0 Å². The van der Waals surface area contributed by atoms with Gasteiger partial charge >= 0.3 is 0 Å². The second kappa shape index (κ2) is 3.35. The van der Waals surface area contributed by atoms with Crippen molar-refractivity contribution < 1.29 is 0 Å². The van der Waals surface area contributed by atoms with Crippen LogP contribution < -0.4 is 11.3 Å². The van der Waals surface area contributed by atoms with Crippen molar-refractivity contribution in [1.29, 1.82) is 0 Å². The molecule has 0 heterocycles. The average molecular weight is 78.1 g/mol. The van der Waals surface area contributed by atoms with Crippen molar-refractivity contribution >= 4 is 9.24 Å². The maximum absolute atomic E-state index is 4.76. The summed E-state index contributed by atoms with van der Waals surface area (Å²) in [6, 6.07) is 0. The molecule has 0 aliphatic heterocycles. The number of nitrogens with two attached hydrogens (primary N) is 1. The highest BCUT2D eigenvalue weighted by atomic mass is 31.0. The zero-order valence-corrected chi connectivity index (χ0v) is 3.52. The zero-order chi connectivity index (χ0) is 3.41. The van der Waals surface area contributed by atoms with Gasteiger partial charge in [0.1, 0.15) is 0 Å². The van der Waals surface area contributed by atoms with Crippen LogP contribution in [0.15, 0.2) is 0 Å². The smallest absolute Gasteiger partial charge is 0.0240 e. The van der Waals surface area contributed by atoms with Crippen LogP contribution >= 0.6 is 9.24 Å². The molecule has 0 aliphatic rings. The van der Waals surface area contributed by atoms with Crippen LogP contribution in [-0.4, -0.2) is 6.29 Å². The van der Waals surface area contributed by atoms with Gasteiger partial charge in [0.25, 0.3) is 0 Å². The molecule has 0 saturated heterocycles. The Kier molecular flexibility index (Phi) is 3.64. The Morgan fingerprint density at radius 1 is 2.00 bits per heavy atom. The van der Waals surface area contributed by atoms with E-state index in [0.717, 1.165) is 6.29 Å². The largest absolute Gasteiger partial charge is 0.271 e. The third kappa shape index (κ3) is 2.35. The van der Waals surface area contributed by atoms with Crippen LogP contribution in [0, 0.1) is 0 Å². The minimum absolute atomic E-state index is 0.764. The standard InChI is InChI=1S/CH7N2P/c2-3-1-4/h3H,1-2,4H2. The fourth-order valence-electron chi connectivity index (χ4n) is 0. The van der Waals surface area contributed by atoms with E-state index in [4.69, 9.17) is 5.84 Å². The number of rotatable bonds is 1. The molecule has 2 nitrogen and oxygen atoms in total. The minimum Gasteiger partial charge on any atom is -0.271 e. The Hall–Kier alpha value is 0.350. The van der Waals surface area contributed by atoms with E-state index in [2.05, 4.69) is 14.7 Å². The summed E-state index contributed by atoms with van der Waals surface area (Å²) in [7, 11) is 2.42. The van der Waals surface area contributed by atoms with Crippen molar-refractivity contribution in [2.75, 3.05) is 6.29 Å². The van der Waals surface area contributed by atoms with Gasteiger partial charge in [0, 0.05) is 6.29 Å². The van der Waals surface area contributed by atoms with Crippen molar-refractivity contribution in [2.45, 2.75) is 0 Å². The van der Waals surface area contributed by atoms with Crippen molar-refractivity contribution in [1.82, 2.24) is 5.43 Å². The highest BCUT2D eigenvalue weighted by Gasteiger charge is 1.49. The lowest BCUT2D eigenvalue weighted by molar-refractivity contribution is 0.872. The topological polar surface area (TPSA) is 38.0 Å². The molecule has 26 valence electrons. The van der Waals surface area contributed by atoms with E-state index >= 15 is 0 Å². The van der Waals surface area contributed by atoms with Crippen molar-refractivity contribution in [2.24, 2.45) is 5.84 Å². The molecule has 0 amide bonds. The highest BCUT2D eigenvalue weighted by molar-refractivity contribution is 7.16. The van der Waals surface area contributed by atoms with Gasteiger partial charge < -0.3 is 0 Å². The SMILES string of the molecule is NNCP. The maximum Gasteiger partial charge on any atom is 0.0240 e. The van der Waals surface area contributed by atoms with Crippen LogP contribution in [-0.2, 0) is 0 Å². The summed E-state index contributed by atoms with van der Waals surface area (Å²) in [6.45, 7) is 0. The van der Waals surface area contributed by atoms with Crippen LogP contribution in [0.25, 0.3) is 0 Å². The van der Waals surface area contributed by atoms with E-state index in [0.29, 0.717) is 0 Å². The Bertz CT molecular complexity index is 8.00. The molecule has 0 fully saturated rings. The molecular formula is CH7N2P. The molecule has 0 aliphatic carbocycles. The molecule has 1 unspecified atom stereocenters. The summed E-state index contributed by atoms with van der Waals surface area (Å²) in [6.07, 6.45) is 0.764. The highest BCUT2D eigenvalue weighted by Crippen LogP contribution is 1.62. The zero-order valence-electron chi connectivity index (χ0n) is 2.36. The quantitative estimate of drug-likeness (QED) is 0.247. The Morgan fingerprint density at radius 3 is 2.25 bits per heavy atom. The second-order valence-electron chi connectivity index (χ2n) is 0.408. The third-order valence-corrected chi connectivity index (χ3v) is 0.354. The lowest BCUT2D eigenvalue weighted by Crippen LogP contribution is -2.18. The van der Waals surface area contributed by atoms with E-state index in [1.165, 1.54) is 0 Å². The Labute approximate surface area is 27.9 Å². The van der Waals surface area contributed by atoms with Crippen LogP contribution in [0.5, 0.6) is 0 Å². The molecule has 1 atom stereocenters. The van der Waals surface area contributed by atoms with E-state index in [1.807, 2.05) is 0 Å². The molecule has 0 aromatic rings. The molecule has 3 N–H and O–H groups in total. The summed E-state index contributed by atoms with van der Waals surface area (Å²) in [4.78, 5) is 0. The molecule has 0 rings (SSSR count). The first kappa shape index (κ1) is 4.35. The Balaban J connectivity index is 1.97. The monoisotopic (exact) mass is 78.0 g/mol. The van der Waals surface area contributed by atoms with Crippen molar-refractivity contribution in [3.63, 3.8) is 0 Å². The van der Waals surface area contributed by atoms with Crippen molar-refractivity contribution in [3.05, 3.63) is 0 Å². The number of nitrogens with one attached hydrogen (secondary N) is 1. The normalized spacial score (nSPS) is 7.50. The van der Waals surface area contributed by atoms with E-state index in [1.54, 1.807) is 0 Å². The second-order valence-corrected chi connectivity index (χ2v) is 0.816. The van der Waals surface area contributed by atoms with Gasteiger partial charge in [0.05, 0.1) is 0 Å². The van der Waals surface area contributed by atoms with Gasteiger partial charge in [-0.3, -0.25) is 11.3 Å². The van der Waals surface area contributed by atoms with E-state index in [9.17, 15) is 0 Å². The van der Waals surface area contributed by atoms with Gasteiger partial charge in [0.15, 0.2) is 0 Å². The molecular weight excluding hydrogens is 71.0 g/mol. The molecule has 4 heavy (non-hydrogen) atoms. The van der Waals surface area contributed by atoms with Crippen LogP contribution in [0.1, 0.15) is 0 Å². The summed E-state index contributed by atoms with van der Waals surface area (Å²) < 4.78 is 0. The van der Waals surface area contributed by atoms with Gasteiger partial charge in [0.2, 0.25) is 0 Å². The van der Waals surface area contributed by atoms with Gasteiger partial charge in [-0.15, -0.1) is 9.24 Å². The van der Waals surface area contributed by atoms with Gasteiger partial charge in [-0.1, -0.05) is 0 Å². The predicted molar refractivity (Wildman–Crippen MR) is 21.9 cm³/mol. The summed E-state index contributed by atoms with van der Waals surface area (Å²) in [5.41, 5.74) is 2.39. The first-order valence-electron chi connectivity index (χ1n) is 1.05. The fourth-order valence-corrected chi connectivity index (χ4v) is 0. The first-order chi connectivity index (χ1) is 1.91. The van der Waals surface area contributed by atoms with Crippen molar-refractivity contribution in [3.8, 4) is 0 Å². The predicted octanol–water partition coefficient (Wildman–Crippen LogP) is -0.718. The lowest BCUT2D eigenvalue weighted by Gasteiger charge is -1.77. The van der Waals surface area contributed by atoms with Gasteiger partial charge in [-0.25, -0.2) is 0 Å². The molecule has 0 spiro atoms. The lowest BCUT2D eigenvalue weighted by atomic mass is 11.5. The summed E-state index contributed by atoms with van der Waals surface area (Å²) in [5.74, 6) is 4.76. The third-order valence-electron chi connectivity index (χ3n) is 0.118. The van der Waals surface area contributed by atoms with Crippen LogP contribution in [0.4, 0.5) is 0 Å². The summed E-state index contributed by atoms with van der Waals surface area (Å²) >= 11 is 0. The molecule has 0 saturated carbocycles. The molecule has 0 radical (unpaired) electrons. The maximum atomic E-state index is 4.76. The van der Waals surface area contributed by atoms with Gasteiger partial charge in [-0.2, -0.15) is 0 Å².